The Morgan fingerprint density at radius 2 is 1.72 bits per heavy atom. The van der Waals surface area contributed by atoms with E-state index in [1.165, 1.54) is 17.0 Å². The number of hydrogen-bond donors (Lipinski definition) is 4. The van der Waals surface area contributed by atoms with Crippen LogP contribution in [0.1, 0.15) is 49.1 Å². The molecule has 0 unspecified atom stereocenters. The number of ketones is 1. The summed E-state index contributed by atoms with van der Waals surface area (Å²) >= 11 is 0. The molecule has 7 N–H and O–H groups in total. The van der Waals surface area contributed by atoms with E-state index in [9.17, 15) is 27.6 Å². The molecule has 0 saturated heterocycles. The van der Waals surface area contributed by atoms with E-state index < -0.39 is 35.3 Å². The van der Waals surface area contributed by atoms with Crippen LogP contribution in [-0.2, 0) is 43.7 Å². The molecule has 0 aliphatic carbocycles. The standard InChI is InChI=1S/C29H40BF3N6O4/c1-28(2)26-21(30(3)43-28)14-19(17-37-26)16-24(40)23(15-18-4-6-20(7-5-18)29(31,32)33)38-27(42)22(36)8-9-25(41)39(12-10-34)13-11-35/h4-7,14,17,22-23H,8-13,15-16,34-36H2,1-3H3,(H,38,42)/t22-,23+/m0/s1. The summed E-state index contributed by atoms with van der Waals surface area (Å²) in [6, 6.07) is 4.06. The first-order valence-electron chi connectivity index (χ1n) is 14.3. The van der Waals surface area contributed by atoms with Crippen molar-refractivity contribution in [2.75, 3.05) is 26.2 Å². The van der Waals surface area contributed by atoms with Gasteiger partial charge in [-0.15, -0.1) is 0 Å². The van der Waals surface area contributed by atoms with Gasteiger partial charge in [0.05, 0.1) is 28.9 Å². The van der Waals surface area contributed by atoms with E-state index in [1.807, 2.05) is 26.7 Å². The van der Waals surface area contributed by atoms with Crippen molar-refractivity contribution in [2.45, 2.75) is 70.2 Å². The zero-order chi connectivity index (χ0) is 31.9. The molecule has 0 spiro atoms. The third kappa shape index (κ3) is 9.08. The average Bonchev–Trinajstić information content (AvgIpc) is 3.17. The minimum atomic E-state index is -4.51. The Hall–Kier alpha value is -3.33. The molecule has 2 heterocycles. The number of hydrogen-bond acceptors (Lipinski definition) is 8. The molecule has 0 radical (unpaired) electrons. The zero-order valence-electron chi connectivity index (χ0n) is 24.7. The van der Waals surface area contributed by atoms with Crippen molar-refractivity contribution in [2.24, 2.45) is 17.2 Å². The van der Waals surface area contributed by atoms with Crippen LogP contribution in [0.15, 0.2) is 36.5 Å². The van der Waals surface area contributed by atoms with Gasteiger partial charge in [0.2, 0.25) is 11.8 Å². The van der Waals surface area contributed by atoms with Crippen molar-refractivity contribution in [3.63, 3.8) is 0 Å². The molecule has 234 valence electrons. The van der Waals surface area contributed by atoms with Crippen molar-refractivity contribution < 1.29 is 32.2 Å². The Bertz CT molecular complexity index is 1290. The summed E-state index contributed by atoms with van der Waals surface area (Å²) in [5.74, 6) is -1.28. The van der Waals surface area contributed by atoms with Gasteiger partial charge in [-0.3, -0.25) is 19.4 Å². The summed E-state index contributed by atoms with van der Waals surface area (Å²) in [6.45, 7) is 6.65. The first-order valence-corrected chi connectivity index (χ1v) is 14.3. The van der Waals surface area contributed by atoms with Crippen LogP contribution in [0, 0.1) is 0 Å². The predicted molar refractivity (Wildman–Crippen MR) is 157 cm³/mol. The highest BCUT2D eigenvalue weighted by molar-refractivity contribution is 6.67. The smallest absolute Gasteiger partial charge is 0.416 e. The van der Waals surface area contributed by atoms with Gasteiger partial charge in [0, 0.05) is 45.2 Å². The molecule has 0 fully saturated rings. The van der Waals surface area contributed by atoms with E-state index in [0.29, 0.717) is 24.2 Å². The number of carbonyl (C=O) groups is 3. The number of nitrogens with two attached hydrogens (primary N) is 3. The number of halogens is 3. The number of carbonyl (C=O) groups excluding carboxylic acids is 3. The lowest BCUT2D eigenvalue weighted by molar-refractivity contribution is -0.137. The van der Waals surface area contributed by atoms with E-state index in [2.05, 4.69) is 10.3 Å². The summed E-state index contributed by atoms with van der Waals surface area (Å²) in [5.41, 5.74) is 18.5. The Morgan fingerprint density at radius 1 is 1.09 bits per heavy atom. The number of aromatic nitrogens is 1. The molecule has 2 amide bonds. The highest BCUT2D eigenvalue weighted by Crippen LogP contribution is 2.30. The fraction of sp³-hybridized carbons (Fsp3) is 0.517. The van der Waals surface area contributed by atoms with Crippen LogP contribution < -0.4 is 28.0 Å². The molecule has 2 aromatic rings. The van der Waals surface area contributed by atoms with E-state index in [1.54, 1.807) is 6.20 Å². The molecule has 0 saturated carbocycles. The van der Waals surface area contributed by atoms with E-state index in [-0.39, 0.29) is 57.4 Å². The van der Waals surface area contributed by atoms with Crippen LogP contribution in [0.2, 0.25) is 6.82 Å². The lowest BCUT2D eigenvalue weighted by Crippen LogP contribution is -2.50. The highest BCUT2D eigenvalue weighted by Gasteiger charge is 2.39. The van der Waals surface area contributed by atoms with Crippen LogP contribution in [0.5, 0.6) is 0 Å². The van der Waals surface area contributed by atoms with Crippen LogP contribution in [-0.4, -0.2) is 72.7 Å². The molecule has 3 rings (SSSR count). The lowest BCUT2D eigenvalue weighted by atomic mass is 9.64. The molecule has 43 heavy (non-hydrogen) atoms. The number of fused-ring (bicyclic) bond motifs is 1. The number of nitrogens with one attached hydrogen (secondary N) is 1. The Labute approximate surface area is 250 Å². The van der Waals surface area contributed by atoms with E-state index >= 15 is 0 Å². The van der Waals surface area contributed by atoms with E-state index in [0.717, 1.165) is 23.3 Å². The van der Waals surface area contributed by atoms with Gasteiger partial charge < -0.3 is 32.1 Å². The van der Waals surface area contributed by atoms with Crippen LogP contribution in [0.3, 0.4) is 0 Å². The van der Waals surface area contributed by atoms with Crippen LogP contribution >= 0.6 is 0 Å². The van der Waals surface area contributed by atoms with Crippen molar-refractivity contribution in [3.05, 3.63) is 58.9 Å². The fourth-order valence-electron chi connectivity index (χ4n) is 5.15. The Kier molecular flexibility index (Phi) is 11.5. The van der Waals surface area contributed by atoms with Gasteiger partial charge in [0.15, 0.2) is 5.78 Å². The number of nitrogens with zero attached hydrogens (tertiary/aromatic N) is 2. The van der Waals surface area contributed by atoms with Gasteiger partial charge in [0.1, 0.15) is 0 Å². The number of rotatable bonds is 14. The third-order valence-electron chi connectivity index (χ3n) is 7.41. The summed E-state index contributed by atoms with van der Waals surface area (Å²) in [6.07, 6.45) is -3.07. The second-order valence-corrected chi connectivity index (χ2v) is 11.3. The summed E-state index contributed by atoms with van der Waals surface area (Å²) in [7, 11) is 0. The number of benzene rings is 1. The van der Waals surface area contributed by atoms with Gasteiger partial charge in [0.25, 0.3) is 0 Å². The molecule has 14 heteroatoms. The number of Topliss-reactive ketones (excluding diaryl/α,β-unsaturated/α-hetero) is 1. The summed E-state index contributed by atoms with van der Waals surface area (Å²) in [5, 5.41) is 2.66. The third-order valence-corrected chi connectivity index (χ3v) is 7.41. The van der Waals surface area contributed by atoms with Crippen LogP contribution in [0.25, 0.3) is 0 Å². The average molecular weight is 604 g/mol. The second-order valence-electron chi connectivity index (χ2n) is 11.3. The molecule has 1 aliphatic heterocycles. The quantitative estimate of drug-likeness (QED) is 0.231. The largest absolute Gasteiger partial charge is 0.421 e. The van der Waals surface area contributed by atoms with E-state index in [4.69, 9.17) is 21.9 Å². The molecule has 1 aromatic heterocycles. The maximum atomic E-state index is 13.5. The highest BCUT2D eigenvalue weighted by atomic mass is 19.4. The second kappa shape index (κ2) is 14.4. The van der Waals surface area contributed by atoms with Crippen molar-refractivity contribution in [1.82, 2.24) is 15.2 Å². The molecule has 0 bridgehead atoms. The number of alkyl halides is 3. The van der Waals surface area contributed by atoms with Gasteiger partial charge in [-0.1, -0.05) is 25.0 Å². The first kappa shape index (κ1) is 34.2. The van der Waals surface area contributed by atoms with Gasteiger partial charge in [-0.2, -0.15) is 13.2 Å². The maximum Gasteiger partial charge on any atom is 0.416 e. The minimum absolute atomic E-state index is 0.0138. The zero-order valence-corrected chi connectivity index (χ0v) is 24.7. The molecular weight excluding hydrogens is 564 g/mol. The predicted octanol–water partition coefficient (Wildman–Crippen LogP) is 0.887. The normalized spacial score (nSPS) is 15.5. The molecule has 10 nitrogen and oxygen atoms in total. The summed E-state index contributed by atoms with van der Waals surface area (Å²) < 4.78 is 45.2. The first-order chi connectivity index (χ1) is 20.2. The minimum Gasteiger partial charge on any atom is -0.421 e. The van der Waals surface area contributed by atoms with Gasteiger partial charge in [-0.05, 0) is 55.4 Å². The van der Waals surface area contributed by atoms with Crippen molar-refractivity contribution in [1.29, 1.82) is 0 Å². The van der Waals surface area contributed by atoms with Crippen molar-refractivity contribution in [3.8, 4) is 0 Å². The SMILES string of the molecule is CB1OC(C)(C)c2ncc(CC(=O)[C@@H](Cc3ccc(C(F)(F)F)cc3)NC(=O)[C@@H](N)CCC(=O)N(CCN)CCN)cc21. The Balaban J connectivity index is 1.75. The lowest BCUT2D eigenvalue weighted by Gasteiger charge is -2.23. The molecule has 1 aliphatic rings. The maximum absolute atomic E-state index is 13.5. The molecule has 1 aromatic carbocycles. The van der Waals surface area contributed by atoms with Crippen molar-refractivity contribution >= 4 is 30.0 Å². The Morgan fingerprint density at radius 3 is 2.30 bits per heavy atom. The fourth-order valence-corrected chi connectivity index (χ4v) is 5.15. The number of pyridine rings is 1. The van der Waals surface area contributed by atoms with Gasteiger partial charge >= 0.3 is 13.1 Å². The summed E-state index contributed by atoms with van der Waals surface area (Å²) in [4.78, 5) is 45.2. The van der Waals surface area contributed by atoms with Gasteiger partial charge in [-0.25, -0.2) is 0 Å². The molecule has 2 atom stereocenters. The monoisotopic (exact) mass is 604 g/mol. The van der Waals surface area contributed by atoms with Crippen LogP contribution in [0.4, 0.5) is 13.2 Å². The number of amides is 2. The topological polar surface area (TPSA) is 167 Å². The molecular formula is C29H40BF3N6O4.